The molecule has 0 aliphatic rings. The number of carbonyl (C=O) groups is 2. The van der Waals surface area contributed by atoms with Crippen LogP contribution in [0, 0.1) is 5.92 Å². The van der Waals surface area contributed by atoms with Gasteiger partial charge in [0.25, 0.3) is 5.91 Å². The van der Waals surface area contributed by atoms with Gasteiger partial charge in [0.15, 0.2) is 11.0 Å². The SMILES string of the molecule is CCn1c(SCC(=O)Nc2cccc3ccccc23)nnc1[C@H](NC(=O)c1ccc(Cl)c(Cl)c1)C(C)C. The zero-order valence-corrected chi connectivity index (χ0v) is 23.0. The number of nitrogens with zero attached hydrogens (tertiary/aromatic N) is 3. The first-order valence-corrected chi connectivity index (χ1v) is 13.6. The fourth-order valence-electron chi connectivity index (χ4n) is 3.98. The van der Waals surface area contributed by atoms with Gasteiger partial charge in [-0.15, -0.1) is 10.2 Å². The van der Waals surface area contributed by atoms with Gasteiger partial charge in [0.05, 0.1) is 21.8 Å². The van der Waals surface area contributed by atoms with E-state index in [9.17, 15) is 9.59 Å². The molecule has 1 aromatic heterocycles. The summed E-state index contributed by atoms with van der Waals surface area (Å²) >= 11 is 13.4. The topological polar surface area (TPSA) is 88.9 Å². The lowest BCUT2D eigenvalue weighted by Gasteiger charge is -2.22. The minimum absolute atomic E-state index is 0.0359. The second-order valence-electron chi connectivity index (χ2n) is 8.77. The molecule has 37 heavy (non-hydrogen) atoms. The van der Waals surface area contributed by atoms with Gasteiger partial charge >= 0.3 is 0 Å². The highest BCUT2D eigenvalue weighted by Gasteiger charge is 2.26. The average molecular weight is 557 g/mol. The minimum Gasteiger partial charge on any atom is -0.342 e. The van der Waals surface area contributed by atoms with Gasteiger partial charge < -0.3 is 15.2 Å². The lowest BCUT2D eigenvalue weighted by Crippen LogP contribution is -2.33. The van der Waals surface area contributed by atoms with E-state index in [-0.39, 0.29) is 23.5 Å². The summed E-state index contributed by atoms with van der Waals surface area (Å²) in [4.78, 5) is 25.7. The van der Waals surface area contributed by atoms with E-state index in [2.05, 4.69) is 20.8 Å². The van der Waals surface area contributed by atoms with Crippen LogP contribution < -0.4 is 10.6 Å². The Morgan fingerprint density at radius 3 is 2.49 bits per heavy atom. The maximum Gasteiger partial charge on any atom is 0.251 e. The Labute approximate surface area is 229 Å². The highest BCUT2D eigenvalue weighted by Crippen LogP contribution is 2.28. The van der Waals surface area contributed by atoms with Crippen LogP contribution in [0.5, 0.6) is 0 Å². The first-order chi connectivity index (χ1) is 17.8. The molecular weight excluding hydrogens is 529 g/mol. The predicted octanol–water partition coefficient (Wildman–Crippen LogP) is 6.62. The Kier molecular flexibility index (Phi) is 8.74. The second-order valence-corrected chi connectivity index (χ2v) is 10.5. The molecule has 7 nitrogen and oxygen atoms in total. The molecular formula is C27H27Cl2N5O2S. The van der Waals surface area contributed by atoms with Crippen LogP contribution in [0.2, 0.25) is 10.0 Å². The van der Waals surface area contributed by atoms with Crippen LogP contribution in [-0.2, 0) is 11.3 Å². The third-order valence-electron chi connectivity index (χ3n) is 5.87. The quantitative estimate of drug-likeness (QED) is 0.226. The number of fused-ring (bicyclic) bond motifs is 1. The molecule has 0 saturated heterocycles. The van der Waals surface area contributed by atoms with Crippen molar-refractivity contribution in [1.82, 2.24) is 20.1 Å². The van der Waals surface area contributed by atoms with Crippen LogP contribution in [0.4, 0.5) is 5.69 Å². The molecule has 1 heterocycles. The molecule has 1 atom stereocenters. The number of aromatic nitrogens is 3. The number of nitrogens with one attached hydrogen (secondary N) is 2. The molecule has 2 amide bonds. The lowest BCUT2D eigenvalue weighted by molar-refractivity contribution is -0.113. The molecule has 0 saturated carbocycles. The molecule has 0 spiro atoms. The Balaban J connectivity index is 1.47. The molecule has 192 valence electrons. The van der Waals surface area contributed by atoms with E-state index in [1.807, 2.05) is 67.8 Å². The van der Waals surface area contributed by atoms with E-state index in [0.29, 0.717) is 33.1 Å². The normalized spacial score (nSPS) is 12.1. The third-order valence-corrected chi connectivity index (χ3v) is 7.58. The van der Waals surface area contributed by atoms with Gasteiger partial charge in [-0.2, -0.15) is 0 Å². The number of rotatable bonds is 9. The summed E-state index contributed by atoms with van der Waals surface area (Å²) in [5.74, 6) is 0.411. The Bertz CT molecular complexity index is 1430. The largest absolute Gasteiger partial charge is 0.342 e. The van der Waals surface area contributed by atoms with Gasteiger partial charge in [0, 0.05) is 23.2 Å². The average Bonchev–Trinajstić information content (AvgIpc) is 3.30. The minimum atomic E-state index is -0.395. The monoisotopic (exact) mass is 555 g/mol. The molecule has 0 aliphatic heterocycles. The summed E-state index contributed by atoms with van der Waals surface area (Å²) in [5.41, 5.74) is 1.17. The van der Waals surface area contributed by atoms with Crippen molar-refractivity contribution in [2.75, 3.05) is 11.1 Å². The molecule has 0 fully saturated rings. The van der Waals surface area contributed by atoms with E-state index >= 15 is 0 Å². The molecule has 4 aromatic rings. The molecule has 0 unspecified atom stereocenters. The van der Waals surface area contributed by atoms with Crippen LogP contribution in [0.3, 0.4) is 0 Å². The van der Waals surface area contributed by atoms with E-state index < -0.39 is 6.04 Å². The van der Waals surface area contributed by atoms with Gasteiger partial charge in [0.2, 0.25) is 5.91 Å². The highest BCUT2D eigenvalue weighted by molar-refractivity contribution is 7.99. The highest BCUT2D eigenvalue weighted by atomic mass is 35.5. The molecule has 10 heteroatoms. The van der Waals surface area contributed by atoms with Gasteiger partial charge in [-0.1, -0.05) is 85.2 Å². The summed E-state index contributed by atoms with van der Waals surface area (Å²) in [5, 5.41) is 18.1. The van der Waals surface area contributed by atoms with Gasteiger partial charge in [-0.05, 0) is 42.5 Å². The molecule has 4 rings (SSSR count). The Morgan fingerprint density at radius 1 is 1.00 bits per heavy atom. The standard InChI is InChI=1S/C27H27Cl2N5O2S/c1-4-34-25(24(16(2)3)31-26(36)18-12-13-20(28)21(29)14-18)32-33-27(34)37-15-23(35)30-22-11-7-9-17-8-5-6-10-19(17)22/h5-14,16,24H,4,15H2,1-3H3,(H,30,35)(H,31,36)/t24-/m1/s1. The van der Waals surface area contributed by atoms with Crippen molar-refractivity contribution < 1.29 is 9.59 Å². The summed E-state index contributed by atoms with van der Waals surface area (Å²) in [6.45, 7) is 6.56. The number of anilines is 1. The summed E-state index contributed by atoms with van der Waals surface area (Å²) in [7, 11) is 0. The molecule has 0 aliphatic carbocycles. The zero-order chi connectivity index (χ0) is 26.5. The Hall–Kier alpha value is -3.07. The first-order valence-electron chi connectivity index (χ1n) is 11.9. The number of benzene rings is 3. The van der Waals surface area contributed by atoms with Crippen LogP contribution in [-0.4, -0.2) is 32.3 Å². The fourth-order valence-corrected chi connectivity index (χ4v) is 5.08. The van der Waals surface area contributed by atoms with E-state index in [1.165, 1.54) is 17.8 Å². The maximum atomic E-state index is 13.0. The number of thioether (sulfide) groups is 1. The predicted molar refractivity (Wildman–Crippen MR) is 151 cm³/mol. The van der Waals surface area contributed by atoms with E-state index in [4.69, 9.17) is 23.2 Å². The molecule has 3 aromatic carbocycles. The van der Waals surface area contributed by atoms with Gasteiger partial charge in [0.1, 0.15) is 0 Å². The molecule has 0 radical (unpaired) electrons. The third kappa shape index (κ3) is 6.26. The Morgan fingerprint density at radius 2 is 1.76 bits per heavy atom. The first kappa shape index (κ1) is 27.0. The van der Waals surface area contributed by atoms with Crippen molar-refractivity contribution in [2.24, 2.45) is 5.92 Å². The number of hydrogen-bond acceptors (Lipinski definition) is 5. The fraction of sp³-hybridized carbons (Fsp3) is 0.259. The van der Waals surface area contributed by atoms with Crippen molar-refractivity contribution in [2.45, 2.75) is 38.5 Å². The summed E-state index contributed by atoms with van der Waals surface area (Å²) in [6.07, 6.45) is 0. The van der Waals surface area contributed by atoms with Crippen LogP contribution in [0.25, 0.3) is 10.8 Å². The van der Waals surface area contributed by atoms with Gasteiger partial charge in [-0.25, -0.2) is 0 Å². The number of halogens is 2. The maximum absolute atomic E-state index is 13.0. The second kappa shape index (κ2) is 12.0. The van der Waals surface area contributed by atoms with E-state index in [1.54, 1.807) is 12.1 Å². The smallest absolute Gasteiger partial charge is 0.251 e. The van der Waals surface area contributed by atoms with Crippen molar-refractivity contribution in [1.29, 1.82) is 0 Å². The van der Waals surface area contributed by atoms with Crippen LogP contribution >= 0.6 is 35.0 Å². The van der Waals surface area contributed by atoms with Crippen LogP contribution in [0.1, 0.15) is 43.0 Å². The number of carbonyl (C=O) groups excluding carboxylic acids is 2. The summed E-state index contributed by atoms with van der Waals surface area (Å²) in [6, 6.07) is 18.1. The van der Waals surface area contributed by atoms with Crippen molar-refractivity contribution in [3.63, 3.8) is 0 Å². The number of hydrogen-bond donors (Lipinski definition) is 2. The summed E-state index contributed by atoms with van der Waals surface area (Å²) < 4.78 is 1.93. The van der Waals surface area contributed by atoms with E-state index in [0.717, 1.165) is 16.5 Å². The van der Waals surface area contributed by atoms with Crippen LogP contribution in [0.15, 0.2) is 65.8 Å². The molecule has 0 bridgehead atoms. The lowest BCUT2D eigenvalue weighted by atomic mass is 10.0. The van der Waals surface area contributed by atoms with Crippen molar-refractivity contribution in [3.8, 4) is 0 Å². The number of amides is 2. The van der Waals surface area contributed by atoms with Crippen molar-refractivity contribution >= 4 is 63.2 Å². The van der Waals surface area contributed by atoms with Crippen molar-refractivity contribution in [3.05, 3.63) is 82.1 Å². The zero-order valence-electron chi connectivity index (χ0n) is 20.7. The molecule has 2 N–H and O–H groups in total. The van der Waals surface area contributed by atoms with Gasteiger partial charge in [-0.3, -0.25) is 9.59 Å².